The van der Waals surface area contributed by atoms with Crippen LogP contribution < -0.4 is 0 Å². The average molecular weight is 354 g/mol. The SMILES string of the molecule is Br.Oc1ccc2c(c1O)C[C@H]1CCCN(C3CCC3)[C@@H]1C2. The fraction of sp³-hybridized carbons (Fsp3) is 0.647. The average Bonchev–Trinajstić information content (AvgIpc) is 2.40. The van der Waals surface area contributed by atoms with E-state index in [1.807, 2.05) is 6.07 Å². The Kier molecular flexibility index (Phi) is 4.19. The number of fused-ring (bicyclic) bond motifs is 2. The van der Waals surface area contributed by atoms with Crippen molar-refractivity contribution in [2.45, 2.75) is 57.0 Å². The molecule has 2 fully saturated rings. The molecule has 2 aliphatic carbocycles. The van der Waals surface area contributed by atoms with Crippen molar-refractivity contribution in [3.8, 4) is 11.5 Å². The predicted octanol–water partition coefficient (Wildman–Crippen LogP) is 3.41. The lowest BCUT2D eigenvalue weighted by molar-refractivity contribution is 0.0137. The van der Waals surface area contributed by atoms with Gasteiger partial charge < -0.3 is 10.2 Å². The Balaban J connectivity index is 0.00000132. The van der Waals surface area contributed by atoms with Crippen molar-refractivity contribution in [1.82, 2.24) is 4.90 Å². The minimum Gasteiger partial charge on any atom is -0.504 e. The number of benzene rings is 1. The Morgan fingerprint density at radius 3 is 2.52 bits per heavy atom. The van der Waals surface area contributed by atoms with Gasteiger partial charge in [0.2, 0.25) is 0 Å². The van der Waals surface area contributed by atoms with E-state index >= 15 is 0 Å². The van der Waals surface area contributed by atoms with Crippen molar-refractivity contribution < 1.29 is 10.2 Å². The summed E-state index contributed by atoms with van der Waals surface area (Å²) in [6, 6.07) is 5.12. The van der Waals surface area contributed by atoms with Crippen molar-refractivity contribution in [3.05, 3.63) is 23.3 Å². The number of phenols is 2. The molecule has 1 heterocycles. The van der Waals surface area contributed by atoms with E-state index in [0.717, 1.165) is 24.4 Å². The summed E-state index contributed by atoms with van der Waals surface area (Å²) in [5.74, 6) is 0.820. The van der Waals surface area contributed by atoms with Crippen LogP contribution >= 0.6 is 17.0 Å². The molecule has 2 atom stereocenters. The lowest BCUT2D eigenvalue weighted by Crippen LogP contribution is -2.55. The highest BCUT2D eigenvalue weighted by Gasteiger charge is 2.40. The molecule has 2 N–H and O–H groups in total. The summed E-state index contributed by atoms with van der Waals surface area (Å²) in [4.78, 5) is 2.75. The standard InChI is InChI=1S/C17H23NO2.BrH/c19-16-7-6-11-10-15-12(9-14(11)17(16)20)3-2-8-18(15)13-4-1-5-13;/h6-7,12-13,15,19-20H,1-5,8-10H2;1H/t12-,15-;/m1./s1. The van der Waals surface area contributed by atoms with Gasteiger partial charge in [0.25, 0.3) is 0 Å². The van der Waals surface area contributed by atoms with E-state index in [-0.39, 0.29) is 28.5 Å². The van der Waals surface area contributed by atoms with E-state index in [9.17, 15) is 10.2 Å². The monoisotopic (exact) mass is 353 g/mol. The van der Waals surface area contributed by atoms with Crippen LogP contribution in [-0.2, 0) is 12.8 Å². The Bertz CT molecular complexity index is 530. The van der Waals surface area contributed by atoms with Crippen LogP contribution in [0.1, 0.15) is 43.2 Å². The zero-order valence-corrected chi connectivity index (χ0v) is 14.0. The molecule has 4 rings (SSSR count). The summed E-state index contributed by atoms with van der Waals surface area (Å²) >= 11 is 0. The Hall–Kier alpha value is -0.740. The highest BCUT2D eigenvalue weighted by atomic mass is 79.9. The number of phenolic OH excluding ortho intramolecular Hbond substituents is 2. The molecular formula is C17H24BrNO2. The third-order valence-electron chi connectivity index (χ3n) is 5.76. The molecule has 0 radical (unpaired) electrons. The lowest BCUT2D eigenvalue weighted by Gasteiger charge is -2.50. The Labute approximate surface area is 136 Å². The van der Waals surface area contributed by atoms with Crippen LogP contribution in [0.3, 0.4) is 0 Å². The summed E-state index contributed by atoms with van der Waals surface area (Å²) in [6.45, 7) is 1.26. The molecule has 0 unspecified atom stereocenters. The second kappa shape index (κ2) is 5.81. The molecule has 0 aromatic heterocycles. The molecule has 116 valence electrons. The molecule has 3 aliphatic rings. The van der Waals surface area contributed by atoms with Gasteiger partial charge in [-0.25, -0.2) is 0 Å². The number of nitrogens with zero attached hydrogens (tertiary/aromatic N) is 1. The van der Waals surface area contributed by atoms with Crippen LogP contribution in [-0.4, -0.2) is 33.7 Å². The van der Waals surface area contributed by atoms with Crippen molar-refractivity contribution in [2.24, 2.45) is 5.92 Å². The summed E-state index contributed by atoms with van der Waals surface area (Å²) in [6.07, 6.45) is 8.67. The van der Waals surface area contributed by atoms with Crippen LogP contribution in [0.5, 0.6) is 11.5 Å². The normalized spacial score (nSPS) is 29.0. The highest BCUT2D eigenvalue weighted by molar-refractivity contribution is 8.93. The van der Waals surface area contributed by atoms with Gasteiger partial charge in [-0.3, -0.25) is 4.90 Å². The van der Waals surface area contributed by atoms with Gasteiger partial charge in [0, 0.05) is 17.6 Å². The molecule has 0 spiro atoms. The largest absolute Gasteiger partial charge is 0.504 e. The van der Waals surface area contributed by atoms with E-state index in [1.54, 1.807) is 6.07 Å². The van der Waals surface area contributed by atoms with Crippen LogP contribution in [0.2, 0.25) is 0 Å². The Morgan fingerprint density at radius 1 is 1.00 bits per heavy atom. The topological polar surface area (TPSA) is 43.7 Å². The quantitative estimate of drug-likeness (QED) is 0.760. The van der Waals surface area contributed by atoms with Crippen molar-refractivity contribution in [2.75, 3.05) is 6.54 Å². The van der Waals surface area contributed by atoms with E-state index in [2.05, 4.69) is 4.90 Å². The van der Waals surface area contributed by atoms with Gasteiger partial charge in [-0.2, -0.15) is 0 Å². The van der Waals surface area contributed by atoms with Crippen molar-refractivity contribution in [1.29, 1.82) is 0 Å². The molecule has 1 saturated heterocycles. The van der Waals surface area contributed by atoms with E-state index < -0.39 is 0 Å². The number of halogens is 1. The number of rotatable bonds is 1. The molecule has 1 aliphatic heterocycles. The van der Waals surface area contributed by atoms with E-state index in [0.29, 0.717) is 12.0 Å². The minimum absolute atomic E-state index is 0. The smallest absolute Gasteiger partial charge is 0.160 e. The second-order valence-corrected chi connectivity index (χ2v) is 6.77. The van der Waals surface area contributed by atoms with Gasteiger partial charge >= 0.3 is 0 Å². The van der Waals surface area contributed by atoms with Crippen molar-refractivity contribution in [3.63, 3.8) is 0 Å². The number of piperidine rings is 1. The van der Waals surface area contributed by atoms with Gasteiger partial charge in [0.1, 0.15) is 0 Å². The first kappa shape index (κ1) is 15.2. The number of hydrogen-bond donors (Lipinski definition) is 2. The highest BCUT2D eigenvalue weighted by Crippen LogP contribution is 2.43. The maximum absolute atomic E-state index is 10.1. The van der Waals surface area contributed by atoms with Crippen LogP contribution in [0, 0.1) is 5.92 Å². The van der Waals surface area contributed by atoms with Crippen molar-refractivity contribution >= 4 is 17.0 Å². The minimum atomic E-state index is 0. The second-order valence-electron chi connectivity index (χ2n) is 6.77. The maximum atomic E-state index is 10.1. The number of hydrogen-bond acceptors (Lipinski definition) is 3. The molecular weight excluding hydrogens is 330 g/mol. The molecule has 1 aromatic carbocycles. The van der Waals surface area contributed by atoms with Gasteiger partial charge in [0.15, 0.2) is 11.5 Å². The third-order valence-corrected chi connectivity index (χ3v) is 5.76. The van der Waals surface area contributed by atoms with E-state index in [1.165, 1.54) is 44.2 Å². The molecule has 21 heavy (non-hydrogen) atoms. The molecule has 0 bridgehead atoms. The third kappa shape index (κ3) is 2.46. The number of likely N-dealkylation sites (tertiary alicyclic amines) is 1. The van der Waals surface area contributed by atoms with Gasteiger partial charge in [0.05, 0.1) is 0 Å². The first-order valence-electron chi connectivity index (χ1n) is 8.02. The molecule has 4 heteroatoms. The van der Waals surface area contributed by atoms with E-state index in [4.69, 9.17) is 0 Å². The van der Waals surface area contributed by atoms with Gasteiger partial charge in [-0.05, 0) is 62.6 Å². The predicted molar refractivity (Wildman–Crippen MR) is 88.4 cm³/mol. The number of aromatic hydroxyl groups is 2. The van der Waals surface area contributed by atoms with Gasteiger partial charge in [-0.15, -0.1) is 17.0 Å². The molecule has 1 saturated carbocycles. The summed E-state index contributed by atoms with van der Waals surface area (Å²) < 4.78 is 0. The molecule has 1 aromatic rings. The molecule has 3 nitrogen and oxygen atoms in total. The summed E-state index contributed by atoms with van der Waals surface area (Å²) in [5.41, 5.74) is 2.24. The molecule has 0 amide bonds. The zero-order valence-electron chi connectivity index (χ0n) is 12.3. The summed E-state index contributed by atoms with van der Waals surface area (Å²) in [7, 11) is 0. The van der Waals surface area contributed by atoms with Gasteiger partial charge in [-0.1, -0.05) is 12.5 Å². The first-order valence-corrected chi connectivity index (χ1v) is 8.02. The zero-order chi connectivity index (χ0) is 13.7. The van der Waals surface area contributed by atoms with Crippen LogP contribution in [0.15, 0.2) is 12.1 Å². The van der Waals surface area contributed by atoms with Crippen LogP contribution in [0.4, 0.5) is 0 Å². The first-order chi connectivity index (χ1) is 9.74. The maximum Gasteiger partial charge on any atom is 0.160 e. The van der Waals surface area contributed by atoms with Crippen LogP contribution in [0.25, 0.3) is 0 Å². The Morgan fingerprint density at radius 2 is 1.81 bits per heavy atom. The lowest BCUT2D eigenvalue weighted by atomic mass is 9.73. The fourth-order valence-corrected chi connectivity index (χ4v) is 4.43. The fourth-order valence-electron chi connectivity index (χ4n) is 4.43. The summed E-state index contributed by atoms with van der Waals surface area (Å²) in [5, 5.41) is 19.8.